The molecule has 21 heavy (non-hydrogen) atoms. The van der Waals surface area contributed by atoms with E-state index in [4.69, 9.17) is 5.73 Å². The summed E-state index contributed by atoms with van der Waals surface area (Å²) in [7, 11) is 0. The van der Waals surface area contributed by atoms with Crippen molar-refractivity contribution in [2.45, 2.75) is 12.5 Å². The number of nitrogens with two attached hydrogens (primary N) is 1. The first-order valence-corrected chi connectivity index (χ1v) is 6.86. The lowest BCUT2D eigenvalue weighted by molar-refractivity contribution is -0.125. The quantitative estimate of drug-likeness (QED) is 0.708. The van der Waals surface area contributed by atoms with E-state index in [0.29, 0.717) is 25.3 Å². The molecule has 1 aliphatic heterocycles. The van der Waals surface area contributed by atoms with Gasteiger partial charge in [0.25, 0.3) is 0 Å². The Kier molecular flexibility index (Phi) is 5.24. The van der Waals surface area contributed by atoms with E-state index >= 15 is 0 Å². The molecular weight excluding hydrogens is 275 g/mol. The highest BCUT2D eigenvalue weighted by Gasteiger charge is 2.26. The van der Waals surface area contributed by atoms with Crippen molar-refractivity contribution >= 4 is 17.5 Å². The first-order chi connectivity index (χ1) is 10.1. The lowest BCUT2D eigenvalue weighted by Crippen LogP contribution is -2.57. The molecule has 2 rings (SSSR count). The zero-order chi connectivity index (χ0) is 15.2. The molecule has 0 spiro atoms. The van der Waals surface area contributed by atoms with Crippen LogP contribution in [0.2, 0.25) is 0 Å². The monoisotopic (exact) mass is 294 g/mol. The molecule has 4 N–H and O–H groups in total. The van der Waals surface area contributed by atoms with Crippen molar-refractivity contribution in [1.29, 1.82) is 0 Å². The molecule has 114 valence electrons. The summed E-state index contributed by atoms with van der Waals surface area (Å²) in [6, 6.07) is 5.34. The van der Waals surface area contributed by atoms with E-state index in [9.17, 15) is 14.0 Å². The van der Waals surface area contributed by atoms with Crippen LogP contribution in [-0.4, -0.2) is 48.9 Å². The van der Waals surface area contributed by atoms with E-state index in [2.05, 4.69) is 10.6 Å². The summed E-state index contributed by atoms with van der Waals surface area (Å²) in [5.41, 5.74) is 5.76. The Labute approximate surface area is 122 Å². The van der Waals surface area contributed by atoms with E-state index < -0.39 is 11.7 Å². The predicted molar refractivity (Wildman–Crippen MR) is 77.1 cm³/mol. The number of nitrogens with one attached hydrogen (secondary N) is 2. The Balaban J connectivity index is 1.84. The molecule has 0 aromatic heterocycles. The van der Waals surface area contributed by atoms with Crippen molar-refractivity contribution in [3.05, 3.63) is 30.1 Å². The van der Waals surface area contributed by atoms with Gasteiger partial charge in [-0.2, -0.15) is 0 Å². The molecule has 1 heterocycles. The van der Waals surface area contributed by atoms with Crippen LogP contribution in [0.25, 0.3) is 0 Å². The molecule has 0 bridgehead atoms. The normalized spacial score (nSPS) is 19.2. The lowest BCUT2D eigenvalue weighted by atomic mass is 10.1. The molecular formula is C14H19FN4O2. The maximum atomic E-state index is 13.0. The number of hydrogen-bond acceptors (Lipinski definition) is 4. The second-order valence-corrected chi connectivity index (χ2v) is 4.97. The third kappa shape index (κ3) is 4.51. The number of hydrogen-bond donors (Lipinski definition) is 3. The minimum Gasteiger partial charge on any atom is -0.368 e. The maximum absolute atomic E-state index is 13.0. The predicted octanol–water partition coefficient (Wildman–Crippen LogP) is -0.0866. The van der Waals surface area contributed by atoms with E-state index in [0.717, 1.165) is 6.54 Å². The van der Waals surface area contributed by atoms with Gasteiger partial charge in [0.05, 0.1) is 0 Å². The molecule has 0 saturated carbocycles. The Morgan fingerprint density at radius 3 is 3.00 bits per heavy atom. The number of anilines is 1. The van der Waals surface area contributed by atoms with Crippen molar-refractivity contribution in [3.63, 3.8) is 0 Å². The molecule has 0 aliphatic carbocycles. The average molecular weight is 294 g/mol. The van der Waals surface area contributed by atoms with Gasteiger partial charge in [0.1, 0.15) is 11.9 Å². The highest BCUT2D eigenvalue weighted by Crippen LogP contribution is 2.10. The van der Waals surface area contributed by atoms with Crippen LogP contribution in [0.4, 0.5) is 10.1 Å². The highest BCUT2D eigenvalue weighted by molar-refractivity contribution is 5.90. The first kappa shape index (κ1) is 15.4. The van der Waals surface area contributed by atoms with E-state index in [1.54, 1.807) is 6.07 Å². The summed E-state index contributed by atoms with van der Waals surface area (Å²) < 4.78 is 13.0. The van der Waals surface area contributed by atoms with Gasteiger partial charge in [-0.1, -0.05) is 6.07 Å². The van der Waals surface area contributed by atoms with Gasteiger partial charge in [-0.15, -0.1) is 0 Å². The fraction of sp³-hybridized carbons (Fsp3) is 0.429. The van der Waals surface area contributed by atoms with E-state index in [1.165, 1.54) is 18.2 Å². The topological polar surface area (TPSA) is 87.5 Å². The van der Waals surface area contributed by atoms with Crippen LogP contribution >= 0.6 is 0 Å². The third-order valence-electron chi connectivity index (χ3n) is 3.42. The van der Waals surface area contributed by atoms with Crippen LogP contribution in [-0.2, 0) is 9.59 Å². The number of amides is 2. The van der Waals surface area contributed by atoms with Crippen LogP contribution in [0.5, 0.6) is 0 Å². The Morgan fingerprint density at radius 2 is 2.29 bits per heavy atom. The van der Waals surface area contributed by atoms with Crippen LogP contribution < -0.4 is 16.4 Å². The molecule has 1 aromatic carbocycles. The average Bonchev–Trinajstić information content (AvgIpc) is 2.45. The standard InChI is InChI=1S/C14H19FN4O2/c15-10-2-1-3-11(8-10)18-13(20)4-6-19-7-5-17-9-12(19)14(16)21/h1-3,8,12,17H,4-7,9H2,(H2,16,21)(H,18,20). The van der Waals surface area contributed by atoms with Crippen LogP contribution in [0.3, 0.4) is 0 Å². The summed E-state index contributed by atoms with van der Waals surface area (Å²) in [4.78, 5) is 25.1. The van der Waals surface area contributed by atoms with Gasteiger partial charge in [0.15, 0.2) is 0 Å². The summed E-state index contributed by atoms with van der Waals surface area (Å²) in [5, 5.41) is 5.72. The molecule has 1 unspecified atom stereocenters. The lowest BCUT2D eigenvalue weighted by Gasteiger charge is -2.33. The summed E-state index contributed by atoms with van der Waals surface area (Å²) >= 11 is 0. The van der Waals surface area contributed by atoms with Crippen molar-refractivity contribution in [2.24, 2.45) is 5.73 Å². The Hall–Kier alpha value is -1.99. The van der Waals surface area contributed by atoms with Crippen molar-refractivity contribution in [2.75, 3.05) is 31.5 Å². The number of halogens is 1. The molecule has 7 heteroatoms. The second-order valence-electron chi connectivity index (χ2n) is 4.97. The van der Waals surface area contributed by atoms with Gasteiger partial charge in [-0.05, 0) is 18.2 Å². The van der Waals surface area contributed by atoms with E-state index in [-0.39, 0.29) is 18.4 Å². The van der Waals surface area contributed by atoms with Gasteiger partial charge < -0.3 is 16.4 Å². The van der Waals surface area contributed by atoms with Gasteiger partial charge in [0, 0.05) is 38.3 Å². The highest BCUT2D eigenvalue weighted by atomic mass is 19.1. The first-order valence-electron chi connectivity index (χ1n) is 6.86. The molecule has 2 amide bonds. The number of nitrogens with zero attached hydrogens (tertiary/aromatic N) is 1. The fourth-order valence-corrected chi connectivity index (χ4v) is 2.33. The SMILES string of the molecule is NC(=O)C1CNCCN1CCC(=O)Nc1cccc(F)c1. The summed E-state index contributed by atoms with van der Waals surface area (Å²) in [6.45, 7) is 2.37. The zero-order valence-corrected chi connectivity index (χ0v) is 11.6. The van der Waals surface area contributed by atoms with Crippen LogP contribution in [0, 0.1) is 5.82 Å². The van der Waals surface area contributed by atoms with Gasteiger partial charge in [0.2, 0.25) is 11.8 Å². The Bertz CT molecular complexity index is 523. The fourth-order valence-electron chi connectivity index (χ4n) is 2.33. The van der Waals surface area contributed by atoms with Gasteiger partial charge in [-0.25, -0.2) is 4.39 Å². The summed E-state index contributed by atoms with van der Waals surface area (Å²) in [5.74, 6) is -1.02. The minimum absolute atomic E-state index is 0.220. The molecule has 1 fully saturated rings. The number of carbonyl (C=O) groups is 2. The molecule has 0 radical (unpaired) electrons. The summed E-state index contributed by atoms with van der Waals surface area (Å²) in [6.07, 6.45) is 0.223. The number of carbonyl (C=O) groups excluding carboxylic acids is 2. The van der Waals surface area contributed by atoms with Crippen molar-refractivity contribution < 1.29 is 14.0 Å². The largest absolute Gasteiger partial charge is 0.368 e. The van der Waals surface area contributed by atoms with Crippen LogP contribution in [0.15, 0.2) is 24.3 Å². The number of rotatable bonds is 5. The molecule has 1 aromatic rings. The number of primary amides is 1. The molecule has 1 aliphatic rings. The molecule has 6 nitrogen and oxygen atoms in total. The van der Waals surface area contributed by atoms with E-state index in [1.807, 2.05) is 4.90 Å². The zero-order valence-electron chi connectivity index (χ0n) is 11.6. The molecule has 1 saturated heterocycles. The third-order valence-corrected chi connectivity index (χ3v) is 3.42. The van der Waals surface area contributed by atoms with Crippen molar-refractivity contribution in [1.82, 2.24) is 10.2 Å². The van der Waals surface area contributed by atoms with Gasteiger partial charge >= 0.3 is 0 Å². The molecule has 1 atom stereocenters. The Morgan fingerprint density at radius 1 is 1.48 bits per heavy atom. The maximum Gasteiger partial charge on any atom is 0.236 e. The van der Waals surface area contributed by atoms with Gasteiger partial charge in [-0.3, -0.25) is 14.5 Å². The number of piperazine rings is 1. The van der Waals surface area contributed by atoms with Crippen LogP contribution in [0.1, 0.15) is 6.42 Å². The number of benzene rings is 1. The minimum atomic E-state index is -0.399. The smallest absolute Gasteiger partial charge is 0.236 e. The second kappa shape index (κ2) is 7.14. The van der Waals surface area contributed by atoms with Crippen molar-refractivity contribution in [3.8, 4) is 0 Å².